The molecule has 0 aliphatic carbocycles. The molecule has 1 heterocycles. The topological polar surface area (TPSA) is 47.6 Å². The van der Waals surface area contributed by atoms with E-state index in [2.05, 4.69) is 5.32 Å². The van der Waals surface area contributed by atoms with Crippen molar-refractivity contribution in [3.05, 3.63) is 46.2 Å². The van der Waals surface area contributed by atoms with Gasteiger partial charge >= 0.3 is 0 Å². The van der Waals surface area contributed by atoms with Gasteiger partial charge in [-0.05, 0) is 34.5 Å². The average Bonchev–Trinajstić information content (AvgIpc) is 2.97. The lowest BCUT2D eigenvalue weighted by Crippen LogP contribution is -2.23. The molecule has 4 nitrogen and oxygen atoms in total. The smallest absolute Gasteiger partial charge is 0.259 e. The Morgan fingerprint density at radius 2 is 1.89 bits per heavy atom. The summed E-state index contributed by atoms with van der Waals surface area (Å²) in [6, 6.07) is 7.24. The highest BCUT2D eigenvalue weighted by molar-refractivity contribution is 7.07. The third kappa shape index (κ3) is 3.06. The highest BCUT2D eigenvalue weighted by Gasteiger charge is 2.17. The molecule has 0 fully saturated rings. The molecule has 0 spiro atoms. The summed E-state index contributed by atoms with van der Waals surface area (Å²) in [6.45, 7) is 0.490. The molecule has 0 bridgehead atoms. The number of nitrogens with one attached hydrogen (secondary N) is 1. The number of rotatable bonds is 5. The van der Waals surface area contributed by atoms with E-state index in [9.17, 15) is 4.79 Å². The maximum Gasteiger partial charge on any atom is 0.259 e. The number of thiophene rings is 1. The minimum absolute atomic E-state index is 0.208. The summed E-state index contributed by atoms with van der Waals surface area (Å²) < 4.78 is 10.4. The lowest BCUT2D eigenvalue weighted by Gasteiger charge is -2.12. The first-order valence-electron chi connectivity index (χ1n) is 5.76. The molecule has 0 aliphatic heterocycles. The van der Waals surface area contributed by atoms with Gasteiger partial charge in [0, 0.05) is 6.54 Å². The fourth-order valence-electron chi connectivity index (χ4n) is 1.74. The van der Waals surface area contributed by atoms with Crippen LogP contribution in [0.5, 0.6) is 11.5 Å². The van der Waals surface area contributed by atoms with E-state index >= 15 is 0 Å². The first kappa shape index (κ1) is 13.4. The zero-order valence-corrected chi connectivity index (χ0v) is 11.6. The second-order valence-electron chi connectivity index (χ2n) is 3.85. The van der Waals surface area contributed by atoms with Gasteiger partial charge in [-0.25, -0.2) is 0 Å². The van der Waals surface area contributed by atoms with E-state index in [1.54, 1.807) is 29.5 Å². The fraction of sp³-hybridized carbons (Fsp3) is 0.214. The molecule has 1 amide bonds. The highest BCUT2D eigenvalue weighted by Crippen LogP contribution is 2.28. The largest absolute Gasteiger partial charge is 0.496 e. The zero-order valence-electron chi connectivity index (χ0n) is 10.8. The van der Waals surface area contributed by atoms with Crippen LogP contribution in [0.2, 0.25) is 0 Å². The van der Waals surface area contributed by atoms with Gasteiger partial charge in [-0.2, -0.15) is 11.3 Å². The first-order chi connectivity index (χ1) is 9.26. The molecule has 1 aromatic heterocycles. The molecule has 0 radical (unpaired) electrons. The highest BCUT2D eigenvalue weighted by atomic mass is 32.1. The van der Waals surface area contributed by atoms with Crippen LogP contribution >= 0.6 is 11.3 Å². The van der Waals surface area contributed by atoms with E-state index in [1.165, 1.54) is 14.2 Å². The molecule has 0 atom stereocenters. The molecule has 0 aliphatic rings. The molecule has 0 saturated carbocycles. The number of carbonyl (C=O) groups excluding carboxylic acids is 1. The van der Waals surface area contributed by atoms with Gasteiger partial charge in [-0.1, -0.05) is 6.07 Å². The van der Waals surface area contributed by atoms with Gasteiger partial charge in [0.15, 0.2) is 0 Å². The molecule has 0 unspecified atom stereocenters. The third-order valence-corrected chi connectivity index (χ3v) is 3.42. The van der Waals surface area contributed by atoms with E-state index in [4.69, 9.17) is 9.47 Å². The lowest BCUT2D eigenvalue weighted by molar-refractivity contribution is 0.0944. The van der Waals surface area contributed by atoms with Crippen LogP contribution in [0.4, 0.5) is 0 Å². The summed E-state index contributed by atoms with van der Waals surface area (Å²) in [5.74, 6) is 0.796. The number of hydrogen-bond acceptors (Lipinski definition) is 4. The van der Waals surface area contributed by atoms with Gasteiger partial charge in [-0.3, -0.25) is 4.79 Å². The molecule has 0 saturated heterocycles. The standard InChI is InChI=1S/C14H15NO3S/c1-17-11-4-3-5-12(18-2)13(11)14(16)15-8-10-6-7-19-9-10/h3-7,9H,8H2,1-2H3,(H,15,16). The molecule has 2 aromatic rings. The van der Waals surface area contributed by atoms with Crippen LogP contribution in [0, 0.1) is 0 Å². The number of hydrogen-bond donors (Lipinski definition) is 1. The van der Waals surface area contributed by atoms with Crippen molar-refractivity contribution >= 4 is 17.2 Å². The van der Waals surface area contributed by atoms with Crippen molar-refractivity contribution < 1.29 is 14.3 Å². The summed E-state index contributed by atoms with van der Waals surface area (Å²) in [5, 5.41) is 6.84. The predicted molar refractivity (Wildman–Crippen MR) is 75.0 cm³/mol. The van der Waals surface area contributed by atoms with Gasteiger partial charge in [0.1, 0.15) is 17.1 Å². The summed E-state index contributed by atoms with van der Waals surface area (Å²) >= 11 is 1.60. The normalized spacial score (nSPS) is 10.0. The summed E-state index contributed by atoms with van der Waals surface area (Å²) in [7, 11) is 3.06. The predicted octanol–water partition coefficient (Wildman–Crippen LogP) is 2.70. The van der Waals surface area contributed by atoms with Gasteiger partial charge in [0.05, 0.1) is 14.2 Å². The quantitative estimate of drug-likeness (QED) is 0.914. The second kappa shape index (κ2) is 6.24. The van der Waals surface area contributed by atoms with Crippen LogP contribution in [0.3, 0.4) is 0 Å². The number of carbonyl (C=O) groups is 1. The van der Waals surface area contributed by atoms with E-state index in [-0.39, 0.29) is 5.91 Å². The van der Waals surface area contributed by atoms with Gasteiger partial charge < -0.3 is 14.8 Å². The molecular weight excluding hydrogens is 262 g/mol. The van der Waals surface area contributed by atoms with Gasteiger partial charge in [-0.15, -0.1) is 0 Å². The number of amides is 1. The Bertz CT molecular complexity index is 530. The van der Waals surface area contributed by atoms with Crippen LogP contribution in [-0.4, -0.2) is 20.1 Å². The van der Waals surface area contributed by atoms with Crippen molar-refractivity contribution in [2.75, 3.05) is 14.2 Å². The molecule has 1 aromatic carbocycles. The third-order valence-electron chi connectivity index (χ3n) is 2.69. The van der Waals surface area contributed by atoms with Crippen molar-refractivity contribution in [2.24, 2.45) is 0 Å². The number of methoxy groups -OCH3 is 2. The Morgan fingerprint density at radius 1 is 1.21 bits per heavy atom. The second-order valence-corrected chi connectivity index (χ2v) is 4.63. The van der Waals surface area contributed by atoms with Crippen LogP contribution in [0.1, 0.15) is 15.9 Å². The van der Waals surface area contributed by atoms with Crippen molar-refractivity contribution in [3.8, 4) is 11.5 Å². The monoisotopic (exact) mass is 277 g/mol. The molecular formula is C14H15NO3S. The lowest BCUT2D eigenvalue weighted by atomic mass is 10.1. The fourth-order valence-corrected chi connectivity index (χ4v) is 2.41. The van der Waals surface area contributed by atoms with Crippen molar-refractivity contribution in [3.63, 3.8) is 0 Å². The molecule has 2 rings (SSSR count). The average molecular weight is 277 g/mol. The number of benzene rings is 1. The first-order valence-corrected chi connectivity index (χ1v) is 6.70. The minimum Gasteiger partial charge on any atom is -0.496 e. The molecule has 19 heavy (non-hydrogen) atoms. The zero-order chi connectivity index (χ0) is 13.7. The van der Waals surface area contributed by atoms with E-state index < -0.39 is 0 Å². The minimum atomic E-state index is -0.208. The Kier molecular flexibility index (Phi) is 4.41. The summed E-state index contributed by atoms with van der Waals surface area (Å²) in [6.07, 6.45) is 0. The molecule has 100 valence electrons. The summed E-state index contributed by atoms with van der Waals surface area (Å²) in [5.41, 5.74) is 1.50. The molecule has 5 heteroatoms. The Hall–Kier alpha value is -2.01. The SMILES string of the molecule is COc1cccc(OC)c1C(=O)NCc1ccsc1. The summed E-state index contributed by atoms with van der Waals surface area (Å²) in [4.78, 5) is 12.2. The molecule has 1 N–H and O–H groups in total. The van der Waals surface area contributed by atoms with Gasteiger partial charge in [0.2, 0.25) is 0 Å². The van der Waals surface area contributed by atoms with E-state index in [0.29, 0.717) is 23.6 Å². The van der Waals surface area contributed by atoms with Crippen molar-refractivity contribution in [1.29, 1.82) is 0 Å². The van der Waals surface area contributed by atoms with Crippen molar-refractivity contribution in [2.45, 2.75) is 6.54 Å². The van der Waals surface area contributed by atoms with Crippen LogP contribution in [-0.2, 0) is 6.54 Å². The van der Waals surface area contributed by atoms with E-state index in [1.807, 2.05) is 16.8 Å². The van der Waals surface area contributed by atoms with Crippen LogP contribution in [0.15, 0.2) is 35.0 Å². The Balaban J connectivity index is 2.18. The van der Waals surface area contributed by atoms with Gasteiger partial charge in [0.25, 0.3) is 5.91 Å². The van der Waals surface area contributed by atoms with Crippen LogP contribution in [0.25, 0.3) is 0 Å². The Labute approximate surface area is 116 Å². The van der Waals surface area contributed by atoms with E-state index in [0.717, 1.165) is 5.56 Å². The van der Waals surface area contributed by atoms with Crippen molar-refractivity contribution in [1.82, 2.24) is 5.32 Å². The maximum absolute atomic E-state index is 12.2. The number of ether oxygens (including phenoxy) is 2. The Morgan fingerprint density at radius 3 is 2.42 bits per heavy atom. The van der Waals surface area contributed by atoms with Crippen LogP contribution < -0.4 is 14.8 Å². The maximum atomic E-state index is 12.2.